The van der Waals surface area contributed by atoms with Gasteiger partial charge in [0, 0.05) is 19.6 Å². The average molecular weight is 344 g/mol. The smallest absolute Gasteiger partial charge is 0.317 e. The number of hydrogen-bond acceptors (Lipinski definition) is 4. The van der Waals surface area contributed by atoms with E-state index in [1.807, 2.05) is 0 Å². The minimum Gasteiger partial charge on any atom is -0.353 e. The first-order chi connectivity index (χ1) is 12.0. The Labute approximate surface area is 145 Å². The van der Waals surface area contributed by atoms with E-state index in [1.165, 1.54) is 9.13 Å². The molecule has 7 heteroatoms. The molecule has 2 heterocycles. The summed E-state index contributed by atoms with van der Waals surface area (Å²) in [4.78, 5) is 39.2. The number of aryl methyl sites for hydroxylation is 1. The number of fused-ring (bicyclic) bond motifs is 1. The molecular weight excluding hydrogens is 320 g/mol. The summed E-state index contributed by atoms with van der Waals surface area (Å²) in [5.41, 5.74) is -0.0829. The van der Waals surface area contributed by atoms with Crippen LogP contribution in [0.1, 0.15) is 19.8 Å². The number of aromatic nitrogens is 2. The average Bonchev–Trinajstić information content (AvgIpc) is 3.09. The van der Waals surface area contributed by atoms with Crippen LogP contribution in [0.5, 0.6) is 0 Å². The first kappa shape index (κ1) is 17.4. The van der Waals surface area contributed by atoms with E-state index in [0.29, 0.717) is 23.6 Å². The van der Waals surface area contributed by atoms with Crippen LogP contribution in [0, 0.1) is 0 Å². The molecule has 1 saturated heterocycles. The van der Waals surface area contributed by atoms with Crippen molar-refractivity contribution in [3.8, 4) is 0 Å². The van der Waals surface area contributed by atoms with E-state index < -0.39 is 11.1 Å². The van der Waals surface area contributed by atoms with Gasteiger partial charge in [0.05, 0.1) is 11.0 Å². The maximum Gasteiger partial charge on any atom is 0.317 e. The lowest BCUT2D eigenvalue weighted by molar-refractivity contribution is -0.121. The molecule has 134 valence electrons. The number of rotatable bonds is 5. The van der Waals surface area contributed by atoms with Gasteiger partial charge in [-0.2, -0.15) is 0 Å². The van der Waals surface area contributed by atoms with Crippen molar-refractivity contribution >= 4 is 16.9 Å². The van der Waals surface area contributed by atoms with E-state index >= 15 is 0 Å². The van der Waals surface area contributed by atoms with Crippen LogP contribution in [0.25, 0.3) is 11.0 Å². The lowest BCUT2D eigenvalue weighted by atomic mass is 10.2. The third kappa shape index (κ3) is 3.37. The van der Waals surface area contributed by atoms with Gasteiger partial charge >= 0.3 is 11.1 Å². The number of likely N-dealkylation sites (N-methyl/N-ethyl adjacent to an activating group) is 1. The Hall–Kier alpha value is -2.41. The van der Waals surface area contributed by atoms with Gasteiger partial charge in [-0.25, -0.2) is 0 Å². The number of benzene rings is 1. The highest BCUT2D eigenvalue weighted by molar-refractivity contribution is 5.80. The van der Waals surface area contributed by atoms with Gasteiger partial charge in [-0.3, -0.25) is 23.9 Å². The second kappa shape index (κ2) is 7.23. The van der Waals surface area contributed by atoms with Crippen LogP contribution in [0.4, 0.5) is 0 Å². The van der Waals surface area contributed by atoms with Crippen molar-refractivity contribution in [3.05, 3.63) is 45.0 Å². The molecular formula is C18H24N4O3. The van der Waals surface area contributed by atoms with Crippen molar-refractivity contribution in [1.82, 2.24) is 19.4 Å². The van der Waals surface area contributed by atoms with Crippen molar-refractivity contribution in [2.75, 3.05) is 19.6 Å². The van der Waals surface area contributed by atoms with Crippen LogP contribution in [0.2, 0.25) is 0 Å². The van der Waals surface area contributed by atoms with Gasteiger partial charge in [0.1, 0.15) is 6.54 Å². The predicted octanol–water partition coefficient (Wildman–Crippen LogP) is 0.301. The predicted molar refractivity (Wildman–Crippen MR) is 96.7 cm³/mol. The third-order valence-corrected chi connectivity index (χ3v) is 5.01. The van der Waals surface area contributed by atoms with E-state index in [9.17, 15) is 14.4 Å². The summed E-state index contributed by atoms with van der Waals surface area (Å²) in [6, 6.07) is 7.46. The van der Waals surface area contributed by atoms with Crippen molar-refractivity contribution in [3.63, 3.8) is 0 Å². The Morgan fingerprint density at radius 2 is 1.92 bits per heavy atom. The summed E-state index contributed by atoms with van der Waals surface area (Å²) in [5, 5.41) is 2.91. The van der Waals surface area contributed by atoms with E-state index in [2.05, 4.69) is 17.1 Å². The van der Waals surface area contributed by atoms with Gasteiger partial charge in [-0.15, -0.1) is 0 Å². The molecule has 0 unspecified atom stereocenters. The summed E-state index contributed by atoms with van der Waals surface area (Å²) in [6.45, 7) is 4.58. The number of likely N-dealkylation sites (tertiary alicyclic amines) is 1. The Morgan fingerprint density at radius 1 is 1.20 bits per heavy atom. The van der Waals surface area contributed by atoms with Crippen LogP contribution < -0.4 is 16.4 Å². The van der Waals surface area contributed by atoms with E-state index in [1.54, 1.807) is 31.3 Å². The molecule has 25 heavy (non-hydrogen) atoms. The van der Waals surface area contributed by atoms with Crippen molar-refractivity contribution in [1.29, 1.82) is 0 Å². The number of para-hydroxylation sites is 2. The Morgan fingerprint density at radius 3 is 2.64 bits per heavy atom. The summed E-state index contributed by atoms with van der Waals surface area (Å²) < 4.78 is 2.59. The molecule has 1 aromatic heterocycles. The number of amides is 1. The minimum atomic E-state index is -0.674. The number of carbonyl (C=O) groups excluding carboxylic acids is 1. The van der Waals surface area contributed by atoms with Gasteiger partial charge in [-0.1, -0.05) is 19.1 Å². The number of nitrogens with zero attached hydrogens (tertiary/aromatic N) is 3. The van der Waals surface area contributed by atoms with Gasteiger partial charge in [-0.05, 0) is 38.1 Å². The molecule has 1 fully saturated rings. The van der Waals surface area contributed by atoms with Gasteiger partial charge < -0.3 is 9.88 Å². The lowest BCUT2D eigenvalue weighted by Gasteiger charge is -2.23. The summed E-state index contributed by atoms with van der Waals surface area (Å²) in [5.74, 6) is -0.247. The van der Waals surface area contributed by atoms with Crippen LogP contribution in [-0.4, -0.2) is 45.6 Å². The van der Waals surface area contributed by atoms with Crippen LogP contribution >= 0.6 is 0 Å². The standard InChI is InChI=1S/C18H24N4O3/c1-3-21-10-6-7-13(21)11-19-16(23)12-22-15-9-5-4-8-14(15)20(2)17(24)18(22)25/h4-5,8-9,13H,3,6-7,10-12H2,1-2H3,(H,19,23)/t13-/m0/s1. The highest BCUT2D eigenvalue weighted by Crippen LogP contribution is 2.15. The molecule has 0 radical (unpaired) electrons. The van der Waals surface area contributed by atoms with Crippen LogP contribution in [-0.2, 0) is 18.4 Å². The monoisotopic (exact) mass is 344 g/mol. The minimum absolute atomic E-state index is 0.145. The highest BCUT2D eigenvalue weighted by atomic mass is 16.2. The molecule has 1 amide bonds. The molecule has 1 aliphatic rings. The molecule has 0 aliphatic carbocycles. The molecule has 0 saturated carbocycles. The van der Waals surface area contributed by atoms with Gasteiger partial charge in [0.15, 0.2) is 0 Å². The van der Waals surface area contributed by atoms with E-state index in [-0.39, 0.29) is 12.5 Å². The first-order valence-electron chi connectivity index (χ1n) is 8.72. The number of hydrogen-bond donors (Lipinski definition) is 1. The first-order valence-corrected chi connectivity index (χ1v) is 8.72. The molecule has 1 atom stereocenters. The maximum atomic E-state index is 12.4. The van der Waals surface area contributed by atoms with Crippen molar-refractivity contribution < 1.29 is 4.79 Å². The molecule has 0 bridgehead atoms. The fraction of sp³-hybridized carbons (Fsp3) is 0.500. The topological polar surface area (TPSA) is 76.3 Å². The zero-order valence-electron chi connectivity index (χ0n) is 14.7. The third-order valence-electron chi connectivity index (χ3n) is 5.01. The van der Waals surface area contributed by atoms with Gasteiger partial charge in [0.2, 0.25) is 5.91 Å². The Balaban J connectivity index is 1.80. The number of nitrogens with one attached hydrogen (secondary N) is 1. The fourth-order valence-electron chi connectivity index (χ4n) is 3.58. The maximum absolute atomic E-state index is 12.4. The summed E-state index contributed by atoms with van der Waals surface area (Å²) in [7, 11) is 1.57. The molecule has 1 aliphatic heterocycles. The normalized spacial score (nSPS) is 17.9. The molecule has 2 aromatic rings. The molecule has 3 rings (SSSR count). The summed E-state index contributed by atoms with van der Waals surface area (Å²) in [6.07, 6.45) is 2.22. The van der Waals surface area contributed by atoms with Crippen LogP contribution in [0.15, 0.2) is 33.9 Å². The zero-order chi connectivity index (χ0) is 18.0. The van der Waals surface area contributed by atoms with Crippen molar-refractivity contribution in [2.24, 2.45) is 7.05 Å². The molecule has 1 N–H and O–H groups in total. The molecule has 7 nitrogen and oxygen atoms in total. The lowest BCUT2D eigenvalue weighted by Crippen LogP contribution is -2.45. The second-order valence-corrected chi connectivity index (χ2v) is 6.47. The van der Waals surface area contributed by atoms with Gasteiger partial charge in [0.25, 0.3) is 0 Å². The van der Waals surface area contributed by atoms with E-state index in [0.717, 1.165) is 25.9 Å². The molecule has 0 spiro atoms. The SMILES string of the molecule is CCN1CCC[C@H]1CNC(=O)Cn1c(=O)c(=O)n(C)c2ccccc21. The number of carbonyl (C=O) groups is 1. The zero-order valence-corrected chi connectivity index (χ0v) is 14.7. The van der Waals surface area contributed by atoms with Crippen LogP contribution in [0.3, 0.4) is 0 Å². The molecule has 1 aromatic carbocycles. The summed E-state index contributed by atoms with van der Waals surface area (Å²) >= 11 is 0. The second-order valence-electron chi connectivity index (χ2n) is 6.47. The fourth-order valence-corrected chi connectivity index (χ4v) is 3.58. The largest absolute Gasteiger partial charge is 0.353 e. The Kier molecular flexibility index (Phi) is 5.03. The van der Waals surface area contributed by atoms with E-state index in [4.69, 9.17) is 0 Å². The quantitative estimate of drug-likeness (QED) is 0.792. The van der Waals surface area contributed by atoms with Crippen molar-refractivity contribution in [2.45, 2.75) is 32.4 Å². The highest BCUT2D eigenvalue weighted by Gasteiger charge is 2.23. The Bertz CT molecular complexity index is 899.